The molecule has 16 heavy (non-hydrogen) atoms. The van der Waals surface area contributed by atoms with Crippen molar-refractivity contribution in [3.63, 3.8) is 0 Å². The van der Waals surface area contributed by atoms with Gasteiger partial charge in [0.1, 0.15) is 0 Å². The lowest BCUT2D eigenvalue weighted by molar-refractivity contribution is 0.111. The van der Waals surface area contributed by atoms with E-state index in [1.807, 2.05) is 0 Å². The van der Waals surface area contributed by atoms with Crippen LogP contribution >= 0.6 is 0 Å². The number of likely N-dealkylation sites (tertiary alicyclic amines) is 1. The van der Waals surface area contributed by atoms with Gasteiger partial charge in [0.05, 0.1) is 6.10 Å². The summed E-state index contributed by atoms with van der Waals surface area (Å²) in [5.74, 6) is 0. The van der Waals surface area contributed by atoms with Gasteiger partial charge in [-0.25, -0.2) is 0 Å². The third-order valence-corrected chi connectivity index (χ3v) is 4.05. The van der Waals surface area contributed by atoms with E-state index in [9.17, 15) is 5.11 Å². The fourth-order valence-electron chi connectivity index (χ4n) is 3.38. The number of aliphatic hydroxyl groups is 1. The average molecular weight is 226 g/mol. The molecule has 3 heteroatoms. The molecule has 0 amide bonds. The molecule has 2 fully saturated rings. The van der Waals surface area contributed by atoms with Gasteiger partial charge in [-0.2, -0.15) is 0 Å². The van der Waals surface area contributed by atoms with E-state index >= 15 is 0 Å². The van der Waals surface area contributed by atoms with Crippen LogP contribution in [-0.4, -0.2) is 60.3 Å². The van der Waals surface area contributed by atoms with E-state index in [0.717, 1.165) is 25.6 Å². The first-order valence-corrected chi connectivity index (χ1v) is 6.75. The molecule has 3 nitrogen and oxygen atoms in total. The van der Waals surface area contributed by atoms with E-state index in [-0.39, 0.29) is 6.10 Å². The van der Waals surface area contributed by atoms with E-state index in [4.69, 9.17) is 0 Å². The molecule has 1 saturated carbocycles. The van der Waals surface area contributed by atoms with E-state index in [1.54, 1.807) is 0 Å². The molecular weight excluding hydrogens is 200 g/mol. The molecule has 1 N–H and O–H groups in total. The van der Waals surface area contributed by atoms with Crippen molar-refractivity contribution in [2.45, 2.75) is 56.7 Å². The van der Waals surface area contributed by atoms with E-state index in [2.05, 4.69) is 23.9 Å². The SMILES string of the molecule is CN(C)CC1CC(O)CN1C1CCCCC1. The highest BCUT2D eigenvalue weighted by atomic mass is 16.3. The maximum absolute atomic E-state index is 9.85. The fourth-order valence-corrected chi connectivity index (χ4v) is 3.38. The molecule has 0 aromatic heterocycles. The monoisotopic (exact) mass is 226 g/mol. The van der Waals surface area contributed by atoms with Crippen LogP contribution in [-0.2, 0) is 0 Å². The topological polar surface area (TPSA) is 26.7 Å². The number of rotatable bonds is 3. The summed E-state index contributed by atoms with van der Waals surface area (Å²) in [7, 11) is 4.26. The Balaban J connectivity index is 1.94. The predicted octanol–water partition coefficient (Wildman–Crippen LogP) is 1.32. The van der Waals surface area contributed by atoms with Gasteiger partial charge in [0.15, 0.2) is 0 Å². The summed E-state index contributed by atoms with van der Waals surface area (Å²) in [6, 6.07) is 1.32. The second kappa shape index (κ2) is 5.48. The lowest BCUT2D eigenvalue weighted by atomic mass is 9.93. The Morgan fingerprint density at radius 2 is 1.88 bits per heavy atom. The zero-order valence-corrected chi connectivity index (χ0v) is 10.7. The molecule has 1 aliphatic carbocycles. The van der Waals surface area contributed by atoms with Gasteiger partial charge in [-0.1, -0.05) is 19.3 Å². The number of β-amino-alcohol motifs (C(OH)–C–C–N with tert-alkyl or cyclic N) is 1. The van der Waals surface area contributed by atoms with Gasteiger partial charge < -0.3 is 10.0 Å². The molecule has 2 atom stereocenters. The number of likely N-dealkylation sites (N-methyl/N-ethyl adjacent to an activating group) is 1. The Labute approximate surface area is 99.4 Å². The van der Waals surface area contributed by atoms with Crippen LogP contribution in [0.1, 0.15) is 38.5 Å². The van der Waals surface area contributed by atoms with Crippen molar-refractivity contribution in [1.29, 1.82) is 0 Å². The Morgan fingerprint density at radius 3 is 2.50 bits per heavy atom. The first kappa shape index (κ1) is 12.3. The Hall–Kier alpha value is -0.120. The third-order valence-electron chi connectivity index (χ3n) is 4.05. The highest BCUT2D eigenvalue weighted by molar-refractivity contribution is 4.91. The average Bonchev–Trinajstić information content (AvgIpc) is 2.60. The molecule has 2 rings (SSSR count). The van der Waals surface area contributed by atoms with Gasteiger partial charge in [-0.05, 0) is 33.4 Å². The highest BCUT2D eigenvalue weighted by Gasteiger charge is 2.35. The maximum atomic E-state index is 9.85. The molecule has 0 aromatic carbocycles. The molecule has 0 aromatic rings. The molecule has 0 radical (unpaired) electrons. The predicted molar refractivity (Wildman–Crippen MR) is 66.5 cm³/mol. The quantitative estimate of drug-likeness (QED) is 0.786. The number of hydrogen-bond donors (Lipinski definition) is 1. The maximum Gasteiger partial charge on any atom is 0.0682 e. The van der Waals surface area contributed by atoms with Crippen molar-refractivity contribution in [2.75, 3.05) is 27.2 Å². The molecule has 2 aliphatic rings. The Bertz CT molecular complexity index is 214. The van der Waals surface area contributed by atoms with Gasteiger partial charge in [0, 0.05) is 25.2 Å². The largest absolute Gasteiger partial charge is 0.392 e. The minimum absolute atomic E-state index is 0.0909. The van der Waals surface area contributed by atoms with Crippen molar-refractivity contribution in [3.05, 3.63) is 0 Å². The van der Waals surface area contributed by atoms with Crippen LogP contribution in [0.25, 0.3) is 0 Å². The lowest BCUT2D eigenvalue weighted by Gasteiger charge is -2.36. The third kappa shape index (κ3) is 2.96. The van der Waals surface area contributed by atoms with Gasteiger partial charge >= 0.3 is 0 Å². The highest BCUT2D eigenvalue weighted by Crippen LogP contribution is 2.29. The van der Waals surface area contributed by atoms with Gasteiger partial charge in [-0.3, -0.25) is 4.90 Å². The zero-order valence-electron chi connectivity index (χ0n) is 10.7. The van der Waals surface area contributed by atoms with Gasteiger partial charge in [0.2, 0.25) is 0 Å². The lowest BCUT2D eigenvalue weighted by Crippen LogP contribution is -2.44. The molecule has 0 bridgehead atoms. The van der Waals surface area contributed by atoms with Crippen LogP contribution in [0.5, 0.6) is 0 Å². The Kier molecular flexibility index (Phi) is 4.22. The summed E-state index contributed by atoms with van der Waals surface area (Å²) >= 11 is 0. The van der Waals surface area contributed by atoms with E-state index < -0.39 is 0 Å². The minimum atomic E-state index is -0.0909. The van der Waals surface area contributed by atoms with Crippen molar-refractivity contribution in [3.8, 4) is 0 Å². The summed E-state index contributed by atoms with van der Waals surface area (Å²) in [6.07, 6.45) is 7.73. The number of nitrogens with zero attached hydrogens (tertiary/aromatic N) is 2. The molecule has 0 spiro atoms. The normalized spacial score (nSPS) is 33.8. The van der Waals surface area contributed by atoms with Crippen LogP contribution in [0.15, 0.2) is 0 Å². The second-order valence-electron chi connectivity index (χ2n) is 5.79. The fraction of sp³-hybridized carbons (Fsp3) is 1.00. The van der Waals surface area contributed by atoms with Gasteiger partial charge in [-0.15, -0.1) is 0 Å². The van der Waals surface area contributed by atoms with Crippen LogP contribution in [0.4, 0.5) is 0 Å². The first-order chi connectivity index (χ1) is 7.66. The van der Waals surface area contributed by atoms with Crippen LogP contribution in [0.2, 0.25) is 0 Å². The van der Waals surface area contributed by atoms with E-state index in [0.29, 0.717) is 6.04 Å². The van der Waals surface area contributed by atoms with Gasteiger partial charge in [0.25, 0.3) is 0 Å². The molecule has 2 unspecified atom stereocenters. The minimum Gasteiger partial charge on any atom is -0.392 e. The molecule has 1 aliphatic heterocycles. The standard InChI is InChI=1S/C13H26N2O/c1-14(2)9-12-8-13(16)10-15(12)11-6-4-3-5-7-11/h11-13,16H,3-10H2,1-2H3. The zero-order chi connectivity index (χ0) is 11.5. The van der Waals surface area contributed by atoms with Crippen LogP contribution in [0.3, 0.4) is 0 Å². The summed E-state index contributed by atoms with van der Waals surface area (Å²) in [6.45, 7) is 2.00. The molecule has 1 saturated heterocycles. The molecule has 1 heterocycles. The van der Waals surface area contributed by atoms with Crippen molar-refractivity contribution < 1.29 is 5.11 Å². The Morgan fingerprint density at radius 1 is 1.19 bits per heavy atom. The number of aliphatic hydroxyl groups excluding tert-OH is 1. The summed E-state index contributed by atoms with van der Waals surface area (Å²) in [4.78, 5) is 4.84. The summed E-state index contributed by atoms with van der Waals surface area (Å²) in [5, 5.41) is 9.85. The first-order valence-electron chi connectivity index (χ1n) is 6.75. The van der Waals surface area contributed by atoms with Crippen LogP contribution in [0, 0.1) is 0 Å². The summed E-state index contributed by atoms with van der Waals surface area (Å²) in [5.41, 5.74) is 0. The van der Waals surface area contributed by atoms with Crippen molar-refractivity contribution in [2.24, 2.45) is 0 Å². The second-order valence-corrected chi connectivity index (χ2v) is 5.79. The van der Waals surface area contributed by atoms with Crippen molar-refractivity contribution >= 4 is 0 Å². The molecule has 94 valence electrons. The smallest absolute Gasteiger partial charge is 0.0682 e. The number of hydrogen-bond acceptors (Lipinski definition) is 3. The van der Waals surface area contributed by atoms with Crippen molar-refractivity contribution in [1.82, 2.24) is 9.80 Å². The molecular formula is C13H26N2O. The van der Waals surface area contributed by atoms with Crippen LogP contribution < -0.4 is 0 Å². The van der Waals surface area contributed by atoms with E-state index in [1.165, 1.54) is 32.1 Å². The summed E-state index contributed by atoms with van der Waals surface area (Å²) < 4.78 is 0.